The zero-order valence-corrected chi connectivity index (χ0v) is 18.9. The zero-order valence-electron chi connectivity index (χ0n) is 18.9. The highest BCUT2D eigenvalue weighted by Gasteiger charge is 2.36. The second kappa shape index (κ2) is 7.89. The number of benzene rings is 1. The molecule has 1 aromatic carbocycles. The van der Waals surface area contributed by atoms with Gasteiger partial charge in [0, 0.05) is 44.9 Å². The molecule has 0 spiro atoms. The highest BCUT2D eigenvalue weighted by molar-refractivity contribution is 6.02. The van der Waals surface area contributed by atoms with E-state index in [0.717, 1.165) is 6.42 Å². The van der Waals surface area contributed by atoms with Crippen molar-refractivity contribution in [2.75, 3.05) is 32.5 Å². The lowest BCUT2D eigenvalue weighted by molar-refractivity contribution is -0.129. The Kier molecular flexibility index (Phi) is 5.36. The summed E-state index contributed by atoms with van der Waals surface area (Å²) in [5.41, 5.74) is 1.14. The summed E-state index contributed by atoms with van der Waals surface area (Å²) in [4.78, 5) is 49.7. The normalized spacial score (nSPS) is 19.1. The number of nitrogens with zero attached hydrogens (tertiary/aromatic N) is 4. The van der Waals surface area contributed by atoms with Gasteiger partial charge in [0.25, 0.3) is 17.7 Å². The number of amides is 3. The van der Waals surface area contributed by atoms with Crippen LogP contribution in [0.2, 0.25) is 0 Å². The Labute approximate surface area is 186 Å². The number of likely N-dealkylation sites (tertiary alicyclic amines) is 1. The maximum atomic E-state index is 13.1. The first-order valence-corrected chi connectivity index (χ1v) is 10.6. The SMILES string of the molecule is Cc1nc([C@@H]2CCN(C(=O)c3ccc4c(c3)NC(=O)C(C)(C)O4)C2)ncc1C(=O)N(C)C. The fraction of sp³-hybridized carbons (Fsp3) is 0.435. The molecule has 2 aliphatic heterocycles. The first kappa shape index (κ1) is 21.7. The quantitative estimate of drug-likeness (QED) is 0.790. The summed E-state index contributed by atoms with van der Waals surface area (Å²) >= 11 is 0. The molecule has 2 aliphatic rings. The van der Waals surface area contributed by atoms with Gasteiger partial charge in [-0.05, 0) is 45.4 Å². The van der Waals surface area contributed by atoms with Crippen LogP contribution < -0.4 is 10.1 Å². The topological polar surface area (TPSA) is 105 Å². The van der Waals surface area contributed by atoms with Crippen LogP contribution in [0, 0.1) is 6.92 Å². The predicted molar refractivity (Wildman–Crippen MR) is 118 cm³/mol. The third kappa shape index (κ3) is 3.90. The molecule has 0 bridgehead atoms. The van der Waals surface area contributed by atoms with Crippen molar-refractivity contribution < 1.29 is 19.1 Å². The molecule has 0 aliphatic carbocycles. The molecular weight excluding hydrogens is 410 g/mol. The van der Waals surface area contributed by atoms with Crippen molar-refractivity contribution in [2.24, 2.45) is 0 Å². The molecular formula is C23H27N5O4. The van der Waals surface area contributed by atoms with Crippen molar-refractivity contribution in [3.05, 3.63) is 47.0 Å². The van der Waals surface area contributed by atoms with Crippen LogP contribution in [0.3, 0.4) is 0 Å². The van der Waals surface area contributed by atoms with Crippen LogP contribution in [0.5, 0.6) is 5.75 Å². The molecule has 1 atom stereocenters. The van der Waals surface area contributed by atoms with Crippen molar-refractivity contribution in [1.82, 2.24) is 19.8 Å². The summed E-state index contributed by atoms with van der Waals surface area (Å²) in [6, 6.07) is 5.08. The molecule has 1 fully saturated rings. The Balaban J connectivity index is 1.48. The average molecular weight is 438 g/mol. The minimum atomic E-state index is -0.953. The first-order valence-electron chi connectivity index (χ1n) is 10.6. The molecule has 4 rings (SSSR count). The van der Waals surface area contributed by atoms with Gasteiger partial charge in [0.2, 0.25) is 0 Å². The summed E-state index contributed by atoms with van der Waals surface area (Å²) in [5.74, 6) is 0.681. The Bertz CT molecular complexity index is 1110. The highest BCUT2D eigenvalue weighted by atomic mass is 16.5. The van der Waals surface area contributed by atoms with Gasteiger partial charge >= 0.3 is 0 Å². The number of fused-ring (bicyclic) bond motifs is 1. The molecule has 9 heteroatoms. The molecule has 32 heavy (non-hydrogen) atoms. The van der Waals surface area contributed by atoms with Gasteiger partial charge < -0.3 is 19.9 Å². The minimum absolute atomic E-state index is 0.00243. The Morgan fingerprint density at radius 2 is 2.03 bits per heavy atom. The van der Waals surface area contributed by atoms with Crippen molar-refractivity contribution in [3.8, 4) is 5.75 Å². The largest absolute Gasteiger partial charge is 0.476 e. The van der Waals surface area contributed by atoms with Crippen molar-refractivity contribution in [3.63, 3.8) is 0 Å². The molecule has 9 nitrogen and oxygen atoms in total. The minimum Gasteiger partial charge on any atom is -0.476 e. The third-order valence-corrected chi connectivity index (χ3v) is 5.86. The average Bonchev–Trinajstić information content (AvgIpc) is 3.23. The standard InChI is InChI=1S/C23H27N5O4/c1-13-16(21(30)27(4)5)11-24-19(25-13)15-8-9-28(12-15)20(29)14-6-7-18-17(10-14)26-22(31)23(2,3)32-18/h6-7,10-11,15H,8-9,12H2,1-5H3,(H,26,31)/t15-/m1/s1. The van der Waals surface area contributed by atoms with E-state index in [1.807, 2.05) is 0 Å². The summed E-state index contributed by atoms with van der Waals surface area (Å²) in [6.45, 7) is 6.26. The number of nitrogens with one attached hydrogen (secondary N) is 1. The molecule has 0 saturated carbocycles. The van der Waals surface area contributed by atoms with E-state index < -0.39 is 5.60 Å². The zero-order chi connectivity index (χ0) is 23.2. The molecule has 1 aromatic heterocycles. The molecule has 168 valence electrons. The van der Waals surface area contributed by atoms with E-state index >= 15 is 0 Å². The van der Waals surface area contributed by atoms with Gasteiger partial charge in [0.05, 0.1) is 16.9 Å². The molecule has 3 amide bonds. The Morgan fingerprint density at radius 1 is 1.28 bits per heavy atom. The molecule has 0 radical (unpaired) electrons. The maximum Gasteiger partial charge on any atom is 0.268 e. The number of anilines is 1. The Morgan fingerprint density at radius 3 is 2.72 bits per heavy atom. The lowest BCUT2D eigenvalue weighted by Crippen LogP contribution is -2.45. The van der Waals surface area contributed by atoms with Gasteiger partial charge in [-0.25, -0.2) is 9.97 Å². The summed E-state index contributed by atoms with van der Waals surface area (Å²) in [5, 5.41) is 2.81. The van der Waals surface area contributed by atoms with Crippen molar-refractivity contribution in [2.45, 2.75) is 38.7 Å². The summed E-state index contributed by atoms with van der Waals surface area (Å²) in [6.07, 6.45) is 2.31. The lowest BCUT2D eigenvalue weighted by Gasteiger charge is -2.31. The number of hydrogen-bond acceptors (Lipinski definition) is 6. The van der Waals surface area contributed by atoms with E-state index in [-0.39, 0.29) is 23.6 Å². The number of aryl methyl sites for hydroxylation is 1. The van der Waals surface area contributed by atoms with Crippen LogP contribution in [0.1, 0.15) is 58.4 Å². The second-order valence-electron chi connectivity index (χ2n) is 8.94. The number of hydrogen-bond donors (Lipinski definition) is 1. The van der Waals surface area contributed by atoms with Crippen LogP contribution in [0.15, 0.2) is 24.4 Å². The first-order chi connectivity index (χ1) is 15.1. The smallest absolute Gasteiger partial charge is 0.268 e. The number of ether oxygens (including phenoxy) is 1. The van der Waals surface area contributed by atoms with Gasteiger partial charge in [-0.1, -0.05) is 0 Å². The second-order valence-corrected chi connectivity index (χ2v) is 8.94. The maximum absolute atomic E-state index is 13.1. The number of rotatable bonds is 3. The number of aromatic nitrogens is 2. The summed E-state index contributed by atoms with van der Waals surface area (Å²) in [7, 11) is 3.38. The van der Waals surface area contributed by atoms with E-state index in [1.54, 1.807) is 64.2 Å². The predicted octanol–water partition coefficient (Wildman–Crippen LogP) is 2.23. The highest BCUT2D eigenvalue weighted by Crippen LogP contribution is 2.35. The lowest BCUT2D eigenvalue weighted by atomic mass is 10.0. The van der Waals surface area contributed by atoms with E-state index in [2.05, 4.69) is 15.3 Å². The molecule has 0 unspecified atom stereocenters. The van der Waals surface area contributed by atoms with E-state index in [0.29, 0.717) is 47.2 Å². The Hall–Kier alpha value is -3.49. The molecule has 2 aromatic rings. The van der Waals surface area contributed by atoms with Gasteiger partial charge in [0.1, 0.15) is 11.6 Å². The fourth-order valence-electron chi connectivity index (χ4n) is 3.91. The number of carbonyl (C=O) groups is 3. The molecule has 3 heterocycles. The third-order valence-electron chi connectivity index (χ3n) is 5.86. The van der Waals surface area contributed by atoms with Crippen molar-refractivity contribution in [1.29, 1.82) is 0 Å². The fourth-order valence-corrected chi connectivity index (χ4v) is 3.91. The van der Waals surface area contributed by atoms with Gasteiger partial charge in [0.15, 0.2) is 5.60 Å². The van der Waals surface area contributed by atoms with Crippen LogP contribution >= 0.6 is 0 Å². The van der Waals surface area contributed by atoms with Crippen LogP contribution in [0.4, 0.5) is 5.69 Å². The monoisotopic (exact) mass is 437 g/mol. The van der Waals surface area contributed by atoms with E-state index in [1.165, 1.54) is 4.90 Å². The van der Waals surface area contributed by atoms with Crippen LogP contribution in [-0.4, -0.2) is 70.3 Å². The van der Waals surface area contributed by atoms with Gasteiger partial charge in [-0.15, -0.1) is 0 Å². The van der Waals surface area contributed by atoms with Gasteiger partial charge in [-0.3, -0.25) is 14.4 Å². The molecule has 1 N–H and O–H groups in total. The van der Waals surface area contributed by atoms with Crippen LogP contribution in [-0.2, 0) is 4.79 Å². The molecule has 1 saturated heterocycles. The van der Waals surface area contributed by atoms with Crippen LogP contribution in [0.25, 0.3) is 0 Å². The number of carbonyl (C=O) groups excluding carboxylic acids is 3. The van der Waals surface area contributed by atoms with Crippen molar-refractivity contribution >= 4 is 23.4 Å². The summed E-state index contributed by atoms with van der Waals surface area (Å²) < 4.78 is 5.74. The van der Waals surface area contributed by atoms with E-state index in [9.17, 15) is 14.4 Å². The van der Waals surface area contributed by atoms with Gasteiger partial charge in [-0.2, -0.15) is 0 Å². The van der Waals surface area contributed by atoms with E-state index in [4.69, 9.17) is 4.74 Å².